The van der Waals surface area contributed by atoms with Crippen molar-refractivity contribution in [3.63, 3.8) is 0 Å². The van der Waals surface area contributed by atoms with Gasteiger partial charge in [0.05, 0.1) is 0 Å². The van der Waals surface area contributed by atoms with E-state index >= 15 is 0 Å². The van der Waals surface area contributed by atoms with Gasteiger partial charge in [0.1, 0.15) is 0 Å². The molecule has 0 bridgehead atoms. The van der Waals surface area contributed by atoms with Crippen LogP contribution in [0.25, 0.3) is 0 Å². The normalized spacial score (nSPS) is 2.25. The summed E-state index contributed by atoms with van der Waals surface area (Å²) >= 11 is -1.44. The Morgan fingerprint density at radius 3 is 1.75 bits per heavy atom. The fourth-order valence-corrected chi connectivity index (χ4v) is 0. The zero-order chi connectivity index (χ0) is 2.71. The maximum atomic E-state index is 9.06. The summed E-state index contributed by atoms with van der Waals surface area (Å²) in [4.78, 5) is 0. The van der Waals surface area contributed by atoms with Gasteiger partial charge in [0.15, 0.2) is 0 Å². The molecular weight excluding hydrogens is 404 g/mol. The second kappa shape index (κ2) is 9.20. The SMILES string of the molecule is [O]=[La][Br].[Tm]. The molecule has 0 amide bonds. The molecule has 0 aliphatic rings. The van der Waals surface area contributed by atoms with E-state index in [1.807, 2.05) is 0 Å². The molecule has 0 aromatic rings. The zero-order valence-electron chi connectivity index (χ0n) is 1.64. The quantitative estimate of drug-likeness (QED) is 0.583. The molecule has 0 aliphatic carbocycles. The standard InChI is InChI=1S/BrH.La.O.Tm/h1H;;;/q;+1;;/p-1. The minimum atomic E-state index is -1.44. The molecular formula is BrLaOTm. The third kappa shape index (κ3) is 8.83. The van der Waals surface area contributed by atoms with Crippen molar-refractivity contribution in [2.24, 2.45) is 0 Å². The van der Waals surface area contributed by atoms with Gasteiger partial charge in [-0.15, -0.1) is 0 Å². The van der Waals surface area contributed by atoms with Gasteiger partial charge in [-0.1, -0.05) is 0 Å². The molecule has 0 N–H and O–H groups in total. The zero-order valence-corrected chi connectivity index (χ0v) is 8.63. The molecule has 0 aromatic carbocycles. The molecule has 0 unspecified atom stereocenters. The molecule has 4 heavy (non-hydrogen) atoms. The van der Waals surface area contributed by atoms with E-state index in [4.69, 9.17) is 1.70 Å². The first kappa shape index (κ1) is 9.86. The Labute approximate surface area is 75.7 Å². The van der Waals surface area contributed by atoms with Crippen LogP contribution in [-0.4, -0.2) is 0 Å². The Balaban J connectivity index is 0. The maximum Gasteiger partial charge on any atom is 0 e. The molecule has 0 rings (SSSR count). The van der Waals surface area contributed by atoms with Crippen LogP contribution in [0.1, 0.15) is 0 Å². The first-order valence-electron chi connectivity index (χ1n) is 0.454. The Morgan fingerprint density at radius 2 is 1.75 bits per heavy atom. The van der Waals surface area contributed by atoms with Gasteiger partial charge < -0.3 is 0 Å². The van der Waals surface area contributed by atoms with Crippen molar-refractivity contribution < 1.29 is 67.7 Å². The minimum Gasteiger partial charge on any atom is 0 e. The average molecular weight is 404 g/mol. The van der Waals surface area contributed by atoms with Crippen LogP contribution in [0.15, 0.2) is 0 Å². The first-order valence-corrected chi connectivity index (χ1v) is 9.97. The number of halogens is 1. The van der Waals surface area contributed by atoms with Crippen LogP contribution in [0.4, 0.5) is 0 Å². The van der Waals surface area contributed by atoms with Crippen molar-refractivity contribution in [3.8, 4) is 0 Å². The molecule has 29 valence electrons. The summed E-state index contributed by atoms with van der Waals surface area (Å²) in [6, 6.07) is 0. The second-order valence-electron chi connectivity index (χ2n) is 0.0891. The third-order valence-corrected chi connectivity index (χ3v) is 0. The molecule has 4 heteroatoms. The molecule has 0 aromatic heterocycles. The Hall–Kier alpha value is 2.71. The molecule has 0 heterocycles. The summed E-state index contributed by atoms with van der Waals surface area (Å²) in [5, 5.41) is 0. The predicted octanol–water partition coefficient (Wildman–Crippen LogP) is 0.727. The van der Waals surface area contributed by atoms with Crippen molar-refractivity contribution in [3.05, 3.63) is 0 Å². The van der Waals surface area contributed by atoms with E-state index in [1.165, 1.54) is 0 Å². The summed E-state index contributed by atoms with van der Waals surface area (Å²) < 4.78 is 9.06. The van der Waals surface area contributed by atoms with Crippen LogP contribution in [0.2, 0.25) is 0 Å². The van der Waals surface area contributed by atoms with Crippen LogP contribution >= 0.6 is 10.2 Å². The van der Waals surface area contributed by atoms with E-state index in [-0.39, 0.29) is 36.9 Å². The summed E-state index contributed by atoms with van der Waals surface area (Å²) in [6.45, 7) is 0. The smallest absolute Gasteiger partial charge is 0 e. The van der Waals surface area contributed by atoms with Crippen molar-refractivity contribution >= 4 is 10.2 Å². The van der Waals surface area contributed by atoms with Crippen LogP contribution in [0, 0.1) is 66.0 Å². The Bertz CT molecular complexity index is 15.5. The van der Waals surface area contributed by atoms with Crippen molar-refractivity contribution in [2.75, 3.05) is 0 Å². The van der Waals surface area contributed by atoms with Crippen LogP contribution in [0.5, 0.6) is 0 Å². The van der Waals surface area contributed by atoms with Gasteiger partial charge in [0.25, 0.3) is 0 Å². The molecule has 0 spiro atoms. The van der Waals surface area contributed by atoms with E-state index < -0.39 is 29.1 Å². The van der Waals surface area contributed by atoms with Gasteiger partial charge >= 0.3 is 41.0 Å². The summed E-state index contributed by atoms with van der Waals surface area (Å²) in [5.74, 6) is 0. The van der Waals surface area contributed by atoms with Crippen LogP contribution < -0.4 is 0 Å². The molecule has 0 saturated carbocycles. The monoisotopic (exact) mass is 403 g/mol. The maximum absolute atomic E-state index is 9.06. The Morgan fingerprint density at radius 1 is 1.75 bits per heavy atom. The average Bonchev–Trinajstić information content (AvgIpc) is 0.918. The number of hydrogen-bond acceptors (Lipinski definition) is 1. The molecule has 0 atom stereocenters. The van der Waals surface area contributed by atoms with E-state index in [0.717, 1.165) is 0 Å². The van der Waals surface area contributed by atoms with Gasteiger partial charge in [0, 0.05) is 36.9 Å². The van der Waals surface area contributed by atoms with Crippen LogP contribution in [0.3, 0.4) is 0 Å². The summed E-state index contributed by atoms with van der Waals surface area (Å²) in [5.41, 5.74) is 0. The minimum absolute atomic E-state index is 0. The van der Waals surface area contributed by atoms with E-state index in [9.17, 15) is 0 Å². The fraction of sp³-hybridized carbons (Fsp3) is 0. The van der Waals surface area contributed by atoms with Crippen molar-refractivity contribution in [2.45, 2.75) is 0 Å². The topological polar surface area (TPSA) is 17.1 Å². The molecule has 0 saturated heterocycles. The fourth-order valence-electron chi connectivity index (χ4n) is 0. The first-order chi connectivity index (χ1) is 1.41. The van der Waals surface area contributed by atoms with Gasteiger partial charge in [-0.25, -0.2) is 0 Å². The summed E-state index contributed by atoms with van der Waals surface area (Å²) in [7, 11) is 2.80. The van der Waals surface area contributed by atoms with E-state index in [2.05, 4.69) is 10.2 Å². The van der Waals surface area contributed by atoms with Crippen molar-refractivity contribution in [1.82, 2.24) is 0 Å². The van der Waals surface area contributed by atoms with E-state index in [1.54, 1.807) is 0 Å². The van der Waals surface area contributed by atoms with Gasteiger partial charge in [0.2, 0.25) is 0 Å². The molecule has 0 aliphatic heterocycles. The number of hydrogen-bond donors (Lipinski definition) is 0. The predicted molar refractivity (Wildman–Crippen MR) is 9.61 cm³/mol. The molecule has 0 fully saturated rings. The summed E-state index contributed by atoms with van der Waals surface area (Å²) in [6.07, 6.45) is 0. The van der Waals surface area contributed by atoms with Crippen molar-refractivity contribution in [1.29, 1.82) is 0 Å². The number of rotatable bonds is 0. The van der Waals surface area contributed by atoms with E-state index in [0.29, 0.717) is 0 Å². The largest absolute Gasteiger partial charge is 0 e. The molecule has 1 radical (unpaired) electrons. The van der Waals surface area contributed by atoms with Gasteiger partial charge in [-0.3, -0.25) is 0 Å². The third-order valence-electron chi connectivity index (χ3n) is 0. The molecule has 1 nitrogen and oxygen atoms in total. The van der Waals surface area contributed by atoms with Gasteiger partial charge in [-0.05, 0) is 0 Å². The van der Waals surface area contributed by atoms with Crippen LogP contribution in [-0.2, 0) is 1.70 Å². The second-order valence-corrected chi connectivity index (χ2v) is 3.37. The van der Waals surface area contributed by atoms with Gasteiger partial charge in [-0.2, -0.15) is 0 Å². The Kier molecular flexibility index (Phi) is 22.7.